The summed E-state index contributed by atoms with van der Waals surface area (Å²) in [7, 11) is 0. The van der Waals surface area contributed by atoms with Crippen molar-refractivity contribution in [3.8, 4) is 5.75 Å². The van der Waals surface area contributed by atoms with E-state index in [1.165, 1.54) is 11.8 Å². The smallest absolute Gasteiger partial charge is 0.308 e. The van der Waals surface area contributed by atoms with Gasteiger partial charge in [-0.15, -0.1) is 0 Å². The van der Waals surface area contributed by atoms with Crippen LogP contribution in [-0.2, 0) is 16.1 Å². The maximum absolute atomic E-state index is 12.5. The van der Waals surface area contributed by atoms with Crippen molar-refractivity contribution in [2.45, 2.75) is 13.5 Å². The Labute approximate surface area is 159 Å². The van der Waals surface area contributed by atoms with Crippen LogP contribution in [0.15, 0.2) is 53.4 Å². The molecular weight excluding hydrogens is 374 g/mol. The van der Waals surface area contributed by atoms with E-state index in [9.17, 15) is 14.4 Å². The van der Waals surface area contributed by atoms with Gasteiger partial charge in [-0.2, -0.15) is 0 Å². The molecule has 0 saturated carbocycles. The van der Waals surface area contributed by atoms with E-state index in [0.29, 0.717) is 15.7 Å². The number of thioether (sulfide) groups is 1. The normalized spacial score (nSPS) is 15.6. The van der Waals surface area contributed by atoms with Crippen LogP contribution in [0.3, 0.4) is 0 Å². The molecule has 2 aromatic rings. The third kappa shape index (κ3) is 4.33. The Morgan fingerprint density at radius 1 is 1.12 bits per heavy atom. The first-order chi connectivity index (χ1) is 12.4. The lowest BCUT2D eigenvalue weighted by atomic mass is 10.2. The molecule has 7 heteroatoms. The van der Waals surface area contributed by atoms with Gasteiger partial charge >= 0.3 is 5.97 Å². The van der Waals surface area contributed by atoms with E-state index in [-0.39, 0.29) is 17.7 Å². The summed E-state index contributed by atoms with van der Waals surface area (Å²) in [6.07, 6.45) is 1.64. The molecule has 1 aliphatic rings. The zero-order valence-corrected chi connectivity index (χ0v) is 15.3. The van der Waals surface area contributed by atoms with Crippen LogP contribution in [0.4, 0.5) is 4.79 Å². The minimum atomic E-state index is -0.402. The SMILES string of the molecule is CC(=O)Oc1ccc(/C=C2/SC(=O)N(Cc3ccc(Cl)cc3)C2=O)cc1. The van der Waals surface area contributed by atoms with Gasteiger partial charge in [-0.25, -0.2) is 0 Å². The van der Waals surface area contributed by atoms with Gasteiger partial charge in [0, 0.05) is 11.9 Å². The number of ether oxygens (including phenoxy) is 1. The second-order valence-corrected chi connectivity index (χ2v) is 6.99. The summed E-state index contributed by atoms with van der Waals surface area (Å²) in [6.45, 7) is 1.52. The molecule has 5 nitrogen and oxygen atoms in total. The molecule has 0 bridgehead atoms. The Kier molecular flexibility index (Phi) is 5.44. The van der Waals surface area contributed by atoms with E-state index >= 15 is 0 Å². The first kappa shape index (κ1) is 18.2. The fourth-order valence-electron chi connectivity index (χ4n) is 2.36. The van der Waals surface area contributed by atoms with Crippen molar-refractivity contribution >= 4 is 46.6 Å². The summed E-state index contributed by atoms with van der Waals surface area (Å²) >= 11 is 6.75. The molecule has 0 aromatic heterocycles. The highest BCUT2D eigenvalue weighted by atomic mass is 35.5. The molecule has 0 N–H and O–H groups in total. The zero-order valence-electron chi connectivity index (χ0n) is 13.8. The maximum atomic E-state index is 12.5. The van der Waals surface area contributed by atoms with Gasteiger partial charge in [-0.3, -0.25) is 19.3 Å². The molecule has 3 rings (SSSR count). The van der Waals surface area contributed by atoms with Gasteiger partial charge in [0.05, 0.1) is 11.4 Å². The highest BCUT2D eigenvalue weighted by Gasteiger charge is 2.34. The van der Waals surface area contributed by atoms with Crippen LogP contribution in [0.2, 0.25) is 5.02 Å². The number of imide groups is 1. The van der Waals surface area contributed by atoms with Crippen molar-refractivity contribution in [3.05, 3.63) is 69.6 Å². The molecule has 1 fully saturated rings. The molecule has 26 heavy (non-hydrogen) atoms. The van der Waals surface area contributed by atoms with Gasteiger partial charge in [0.2, 0.25) is 0 Å². The topological polar surface area (TPSA) is 63.7 Å². The zero-order chi connectivity index (χ0) is 18.7. The van der Waals surface area contributed by atoms with Crippen molar-refractivity contribution in [1.82, 2.24) is 4.90 Å². The van der Waals surface area contributed by atoms with Crippen molar-refractivity contribution in [3.63, 3.8) is 0 Å². The number of nitrogens with zero attached hydrogens (tertiary/aromatic N) is 1. The Morgan fingerprint density at radius 3 is 2.38 bits per heavy atom. The van der Waals surface area contributed by atoms with Crippen molar-refractivity contribution in [1.29, 1.82) is 0 Å². The molecule has 132 valence electrons. The van der Waals surface area contributed by atoms with Crippen LogP contribution in [-0.4, -0.2) is 22.0 Å². The molecule has 0 aliphatic carbocycles. The van der Waals surface area contributed by atoms with E-state index in [1.807, 2.05) is 0 Å². The summed E-state index contributed by atoms with van der Waals surface area (Å²) in [5.41, 5.74) is 1.56. The third-order valence-electron chi connectivity index (χ3n) is 3.57. The van der Waals surface area contributed by atoms with Gasteiger partial charge in [-0.05, 0) is 53.2 Å². The highest BCUT2D eigenvalue weighted by Crippen LogP contribution is 2.33. The summed E-state index contributed by atoms with van der Waals surface area (Å²) in [4.78, 5) is 37.2. The predicted molar refractivity (Wildman–Crippen MR) is 101 cm³/mol. The first-order valence-electron chi connectivity index (χ1n) is 7.70. The summed E-state index contributed by atoms with van der Waals surface area (Å²) < 4.78 is 4.97. The van der Waals surface area contributed by atoms with E-state index in [4.69, 9.17) is 16.3 Å². The van der Waals surface area contributed by atoms with Gasteiger partial charge in [0.1, 0.15) is 5.75 Å². The van der Waals surface area contributed by atoms with Gasteiger partial charge in [0.25, 0.3) is 11.1 Å². The lowest BCUT2D eigenvalue weighted by molar-refractivity contribution is -0.131. The number of benzene rings is 2. The van der Waals surface area contributed by atoms with Crippen molar-refractivity contribution < 1.29 is 19.1 Å². The minimum Gasteiger partial charge on any atom is -0.427 e. The van der Waals surface area contributed by atoms with Crippen LogP contribution in [0.1, 0.15) is 18.1 Å². The second kappa shape index (κ2) is 7.76. The first-order valence-corrected chi connectivity index (χ1v) is 8.90. The summed E-state index contributed by atoms with van der Waals surface area (Å²) in [6, 6.07) is 13.7. The quantitative estimate of drug-likeness (QED) is 0.439. The molecule has 0 atom stereocenters. The van der Waals surface area contributed by atoms with Gasteiger partial charge in [0.15, 0.2) is 0 Å². The average molecular weight is 388 g/mol. The van der Waals surface area contributed by atoms with Crippen LogP contribution in [0.25, 0.3) is 6.08 Å². The number of hydrogen-bond donors (Lipinski definition) is 0. The van der Waals surface area contributed by atoms with Crippen LogP contribution in [0, 0.1) is 0 Å². The lowest BCUT2D eigenvalue weighted by Gasteiger charge is -2.12. The van der Waals surface area contributed by atoms with Crippen LogP contribution in [0.5, 0.6) is 5.75 Å². The van der Waals surface area contributed by atoms with Gasteiger partial charge < -0.3 is 4.74 Å². The Bertz CT molecular complexity index is 891. The second-order valence-electron chi connectivity index (χ2n) is 5.56. The molecule has 2 aromatic carbocycles. The molecule has 0 spiro atoms. The molecule has 0 unspecified atom stereocenters. The Balaban J connectivity index is 1.74. The largest absolute Gasteiger partial charge is 0.427 e. The van der Waals surface area contributed by atoms with E-state index in [2.05, 4.69) is 0 Å². The molecule has 1 heterocycles. The number of amides is 2. The van der Waals surface area contributed by atoms with Crippen molar-refractivity contribution in [2.75, 3.05) is 0 Å². The summed E-state index contributed by atoms with van der Waals surface area (Å²) in [5.74, 6) is -0.314. The predicted octanol–water partition coefficient (Wildman–Crippen LogP) is 4.50. The molecular formula is C19H14ClNO4S. The molecule has 0 radical (unpaired) electrons. The number of carbonyl (C=O) groups excluding carboxylic acids is 3. The number of rotatable bonds is 4. The molecule has 2 amide bonds. The number of halogens is 1. The number of carbonyl (C=O) groups is 3. The Hall–Kier alpha value is -2.57. The third-order valence-corrected chi connectivity index (χ3v) is 4.73. The van der Waals surface area contributed by atoms with E-state index in [0.717, 1.165) is 22.9 Å². The number of hydrogen-bond acceptors (Lipinski definition) is 5. The van der Waals surface area contributed by atoms with Gasteiger partial charge in [-0.1, -0.05) is 35.9 Å². The van der Waals surface area contributed by atoms with Crippen LogP contribution < -0.4 is 4.74 Å². The monoisotopic (exact) mass is 387 g/mol. The fraction of sp³-hybridized carbons (Fsp3) is 0.105. The Morgan fingerprint density at radius 2 is 1.77 bits per heavy atom. The standard InChI is InChI=1S/C19H14ClNO4S/c1-12(22)25-16-8-4-13(5-9-16)10-17-18(23)21(19(24)26-17)11-14-2-6-15(20)7-3-14/h2-10H,11H2,1H3/b17-10+. The van der Waals surface area contributed by atoms with E-state index in [1.54, 1.807) is 54.6 Å². The number of esters is 1. The maximum Gasteiger partial charge on any atom is 0.308 e. The fourth-order valence-corrected chi connectivity index (χ4v) is 3.32. The summed E-state index contributed by atoms with van der Waals surface area (Å²) in [5, 5.41) is 0.285. The lowest BCUT2D eigenvalue weighted by Crippen LogP contribution is -2.27. The van der Waals surface area contributed by atoms with Crippen molar-refractivity contribution in [2.24, 2.45) is 0 Å². The molecule has 1 aliphatic heterocycles. The average Bonchev–Trinajstić information content (AvgIpc) is 2.85. The minimum absolute atomic E-state index is 0.199. The van der Waals surface area contributed by atoms with Crippen LogP contribution >= 0.6 is 23.4 Å². The molecule has 1 saturated heterocycles. The van der Waals surface area contributed by atoms with E-state index < -0.39 is 5.97 Å². The highest BCUT2D eigenvalue weighted by molar-refractivity contribution is 8.18.